The molecule has 114 valence electrons. The van der Waals surface area contributed by atoms with Crippen LogP contribution < -0.4 is 0 Å². The molecule has 0 aromatic carbocycles. The molecule has 0 amide bonds. The second-order valence-corrected chi connectivity index (χ2v) is 6.22. The third-order valence-electron chi connectivity index (χ3n) is 2.41. The molecule has 1 saturated carbocycles. The summed E-state index contributed by atoms with van der Waals surface area (Å²) in [7, 11) is 8.61. The van der Waals surface area contributed by atoms with Crippen molar-refractivity contribution in [2.75, 3.05) is 48.1 Å². The Labute approximate surface area is 137 Å². The van der Waals surface area contributed by atoms with Crippen LogP contribution in [0.2, 0.25) is 0 Å². The number of hydrogen-bond donors (Lipinski definition) is 0. The molecule has 0 saturated heterocycles. The SMILES string of the molecule is C[N-]C.C[N-]C.C[N-]P(C)C[C@@H]1CCCC1F.[CH3-].[Ti+4]. The Morgan fingerprint density at radius 1 is 1.05 bits per heavy atom. The first kappa shape index (κ1) is 28.2. The minimum atomic E-state index is -0.526. The molecular weight excluding hydrogens is 296 g/mol. The van der Waals surface area contributed by atoms with Crippen molar-refractivity contribution in [3.05, 3.63) is 23.1 Å². The Balaban J connectivity index is -0.000000122. The average Bonchev–Trinajstić information content (AvgIpc) is 2.66. The third kappa shape index (κ3) is 19.0. The molecule has 0 radical (unpaired) electrons. The monoisotopic (exact) mass is 327 g/mol. The number of alkyl halides is 1. The van der Waals surface area contributed by atoms with E-state index in [1.54, 1.807) is 28.2 Å². The molecule has 3 nitrogen and oxygen atoms in total. The maximum atomic E-state index is 13.1. The standard InChI is InChI=1S/C8H16FNP.2C2H6N.CH3.Ti/c1-10-11(2)6-7-4-3-5-8(7)9;2*1-3-2;;/h7-8H,3-6H2,1-2H3;2*1-2H3;1H3;/q4*-1;+4/t7-,8?,11?;;;;/m0..../s1. The molecular formula is C13H31FN3PTi. The largest absolute Gasteiger partial charge is 4.00 e. The van der Waals surface area contributed by atoms with Crippen molar-refractivity contribution >= 4 is 8.07 Å². The molecule has 0 heterocycles. The Bertz CT molecular complexity index is 154. The molecule has 0 bridgehead atoms. The van der Waals surface area contributed by atoms with E-state index in [-0.39, 0.29) is 37.2 Å². The predicted octanol–water partition coefficient (Wildman–Crippen LogP) is 4.84. The minimum Gasteiger partial charge on any atom is -0.668 e. The summed E-state index contributed by atoms with van der Waals surface area (Å²) in [6.45, 7) is 2.13. The van der Waals surface area contributed by atoms with Gasteiger partial charge in [0.25, 0.3) is 0 Å². The maximum absolute atomic E-state index is 13.1. The Kier molecular flexibility index (Phi) is 31.5. The van der Waals surface area contributed by atoms with Gasteiger partial charge in [-0.25, -0.2) is 12.5 Å². The van der Waals surface area contributed by atoms with Gasteiger partial charge in [-0.2, -0.15) is 35.2 Å². The van der Waals surface area contributed by atoms with Gasteiger partial charge in [0.15, 0.2) is 0 Å². The van der Waals surface area contributed by atoms with Crippen molar-refractivity contribution in [3.63, 3.8) is 0 Å². The summed E-state index contributed by atoms with van der Waals surface area (Å²) < 4.78 is 13.1. The maximum Gasteiger partial charge on any atom is 4.00 e. The van der Waals surface area contributed by atoms with Crippen molar-refractivity contribution in [2.24, 2.45) is 5.92 Å². The van der Waals surface area contributed by atoms with Gasteiger partial charge in [-0.05, 0) is 24.9 Å². The number of rotatable bonds is 3. The van der Waals surface area contributed by atoms with Crippen LogP contribution >= 0.6 is 8.07 Å². The van der Waals surface area contributed by atoms with E-state index in [2.05, 4.69) is 22.4 Å². The zero-order valence-electron chi connectivity index (χ0n) is 13.6. The van der Waals surface area contributed by atoms with Crippen molar-refractivity contribution in [3.8, 4) is 0 Å². The molecule has 1 aliphatic carbocycles. The Morgan fingerprint density at radius 2 is 1.47 bits per heavy atom. The summed E-state index contributed by atoms with van der Waals surface area (Å²) in [6, 6.07) is 0. The normalized spacial score (nSPS) is 21.6. The van der Waals surface area contributed by atoms with Crippen LogP contribution in [0.5, 0.6) is 0 Å². The molecule has 0 aliphatic heterocycles. The second kappa shape index (κ2) is 21.3. The number of nitrogens with zero attached hydrogens (tertiary/aromatic N) is 3. The van der Waals surface area contributed by atoms with Crippen LogP contribution in [0, 0.1) is 13.3 Å². The zero-order chi connectivity index (χ0) is 13.7. The van der Waals surface area contributed by atoms with Crippen LogP contribution in [0.3, 0.4) is 0 Å². The first-order valence-corrected chi connectivity index (χ1v) is 7.90. The van der Waals surface area contributed by atoms with Gasteiger partial charge < -0.3 is 23.1 Å². The van der Waals surface area contributed by atoms with E-state index in [1.165, 1.54) is 0 Å². The first-order valence-electron chi connectivity index (χ1n) is 5.98. The Morgan fingerprint density at radius 3 is 1.74 bits per heavy atom. The topological polar surface area (TPSA) is 42.3 Å². The molecule has 1 aliphatic rings. The fourth-order valence-electron chi connectivity index (χ4n) is 1.62. The molecule has 6 heteroatoms. The molecule has 0 aromatic heterocycles. The Hall–Kier alpha value is 0.954. The van der Waals surface area contributed by atoms with Crippen LogP contribution in [0.15, 0.2) is 0 Å². The molecule has 0 aromatic rings. The van der Waals surface area contributed by atoms with Crippen LogP contribution in [-0.2, 0) is 21.7 Å². The summed E-state index contributed by atoms with van der Waals surface area (Å²) in [5, 5.41) is 11.2. The van der Waals surface area contributed by atoms with Gasteiger partial charge in [-0.15, -0.1) is 0 Å². The van der Waals surface area contributed by atoms with Crippen LogP contribution in [-0.4, -0.2) is 54.2 Å². The van der Waals surface area contributed by atoms with Gasteiger partial charge in [-0.3, -0.25) is 0 Å². The van der Waals surface area contributed by atoms with Crippen LogP contribution in [0.1, 0.15) is 19.3 Å². The molecule has 1 rings (SSSR count). The quantitative estimate of drug-likeness (QED) is 0.404. The van der Waals surface area contributed by atoms with Gasteiger partial charge in [0.05, 0.1) is 0 Å². The average molecular weight is 327 g/mol. The number of hydrogen-bond acceptors (Lipinski definition) is 0. The van der Waals surface area contributed by atoms with Gasteiger partial charge in [0.2, 0.25) is 0 Å². The van der Waals surface area contributed by atoms with Gasteiger partial charge in [0, 0.05) is 0 Å². The van der Waals surface area contributed by atoms with E-state index in [9.17, 15) is 4.39 Å². The first-order chi connectivity index (χ1) is 8.06. The summed E-state index contributed by atoms with van der Waals surface area (Å²) in [4.78, 5) is 0. The summed E-state index contributed by atoms with van der Waals surface area (Å²) in [6.07, 6.45) is 3.44. The van der Waals surface area contributed by atoms with Crippen molar-refractivity contribution in [1.29, 1.82) is 0 Å². The molecule has 1 fully saturated rings. The van der Waals surface area contributed by atoms with E-state index < -0.39 is 6.17 Å². The second-order valence-electron chi connectivity index (χ2n) is 4.14. The van der Waals surface area contributed by atoms with Gasteiger partial charge in [0.1, 0.15) is 6.17 Å². The predicted molar refractivity (Wildman–Crippen MR) is 86.1 cm³/mol. The molecule has 0 spiro atoms. The van der Waals surface area contributed by atoms with E-state index in [0.29, 0.717) is 5.92 Å². The van der Waals surface area contributed by atoms with Crippen molar-refractivity contribution in [1.82, 2.24) is 0 Å². The van der Waals surface area contributed by atoms with E-state index in [4.69, 9.17) is 0 Å². The van der Waals surface area contributed by atoms with E-state index in [0.717, 1.165) is 25.4 Å². The number of halogens is 1. The summed E-state index contributed by atoms with van der Waals surface area (Å²) in [5.41, 5.74) is 0. The third-order valence-corrected chi connectivity index (χ3v) is 4.09. The van der Waals surface area contributed by atoms with Crippen LogP contribution in [0.25, 0.3) is 15.7 Å². The molecule has 19 heavy (non-hydrogen) atoms. The van der Waals surface area contributed by atoms with Crippen LogP contribution in [0.4, 0.5) is 4.39 Å². The molecule has 2 unspecified atom stereocenters. The molecule has 0 N–H and O–H groups in total. The van der Waals surface area contributed by atoms with Gasteiger partial charge >= 0.3 is 21.7 Å². The fraction of sp³-hybridized carbons (Fsp3) is 0.923. The van der Waals surface area contributed by atoms with E-state index >= 15 is 0 Å². The van der Waals surface area contributed by atoms with Crippen molar-refractivity contribution < 1.29 is 26.1 Å². The van der Waals surface area contributed by atoms with E-state index in [1.807, 2.05) is 7.05 Å². The summed E-state index contributed by atoms with van der Waals surface area (Å²) in [5.74, 6) is 0.329. The molecule has 3 atom stereocenters. The summed E-state index contributed by atoms with van der Waals surface area (Å²) >= 11 is 0. The van der Waals surface area contributed by atoms with Gasteiger partial charge in [-0.1, -0.05) is 13.1 Å². The minimum absolute atomic E-state index is 0. The fourth-order valence-corrected chi connectivity index (χ4v) is 2.87. The van der Waals surface area contributed by atoms with Crippen molar-refractivity contribution in [2.45, 2.75) is 25.4 Å². The smallest absolute Gasteiger partial charge is 0.668 e. The zero-order valence-corrected chi connectivity index (χ0v) is 16.1.